The first-order valence-corrected chi connectivity index (χ1v) is 7.20. The zero-order chi connectivity index (χ0) is 14.8. The van der Waals surface area contributed by atoms with Gasteiger partial charge in [-0.05, 0) is 19.1 Å². The van der Waals surface area contributed by atoms with Crippen molar-refractivity contribution in [2.75, 3.05) is 12.6 Å². The van der Waals surface area contributed by atoms with Gasteiger partial charge in [-0.1, -0.05) is 12.1 Å². The Kier molecular flexibility index (Phi) is 3.68. The normalized spacial score (nSPS) is 11.0. The van der Waals surface area contributed by atoms with Gasteiger partial charge < -0.3 is 0 Å². The molecule has 0 fully saturated rings. The number of aromatic nitrogens is 3. The molecule has 6 nitrogen and oxygen atoms in total. The molecule has 21 heavy (non-hydrogen) atoms. The van der Waals surface area contributed by atoms with Gasteiger partial charge in [-0.25, -0.2) is 15.4 Å². The summed E-state index contributed by atoms with van der Waals surface area (Å²) < 4.78 is 1.55. The van der Waals surface area contributed by atoms with Gasteiger partial charge in [0.15, 0.2) is 0 Å². The van der Waals surface area contributed by atoms with Gasteiger partial charge in [-0.15, -0.1) is 11.3 Å². The Labute approximate surface area is 125 Å². The maximum absolute atomic E-state index is 12.6. The van der Waals surface area contributed by atoms with E-state index in [0.717, 1.165) is 9.88 Å². The van der Waals surface area contributed by atoms with E-state index in [0.29, 0.717) is 23.4 Å². The molecule has 7 heteroatoms. The molecule has 108 valence electrons. The zero-order valence-electron chi connectivity index (χ0n) is 11.7. The molecular formula is C14H14N4O2S. The number of para-hydroxylation sites is 1. The van der Waals surface area contributed by atoms with Crippen LogP contribution in [-0.2, 0) is 11.4 Å². The third-order valence-electron chi connectivity index (χ3n) is 3.04. The highest BCUT2D eigenvalue weighted by Crippen LogP contribution is 2.16. The quantitative estimate of drug-likeness (QED) is 0.748. The van der Waals surface area contributed by atoms with Gasteiger partial charge in [0, 0.05) is 11.1 Å². The van der Waals surface area contributed by atoms with Gasteiger partial charge in [0.05, 0.1) is 29.6 Å². The second-order valence-corrected chi connectivity index (χ2v) is 5.81. The number of rotatable bonds is 4. The van der Waals surface area contributed by atoms with Crippen LogP contribution in [0.25, 0.3) is 10.9 Å². The van der Waals surface area contributed by atoms with Gasteiger partial charge in [-0.2, -0.15) is 0 Å². The molecule has 0 bridgehead atoms. The molecule has 0 spiro atoms. The molecular weight excluding hydrogens is 288 g/mol. The van der Waals surface area contributed by atoms with Crippen molar-refractivity contribution in [2.24, 2.45) is 0 Å². The maximum Gasteiger partial charge on any atom is 0.263 e. The van der Waals surface area contributed by atoms with Crippen LogP contribution < -0.4 is 11.0 Å². The Morgan fingerprint density at radius 2 is 2.19 bits per heavy atom. The van der Waals surface area contributed by atoms with E-state index >= 15 is 0 Å². The highest BCUT2D eigenvalue weighted by Gasteiger charge is 2.12. The van der Waals surface area contributed by atoms with Crippen LogP contribution in [-0.4, -0.2) is 21.6 Å². The third kappa shape index (κ3) is 2.65. The lowest BCUT2D eigenvalue weighted by Gasteiger charge is -2.12. The topological polar surface area (TPSA) is 69.0 Å². The molecule has 2 heterocycles. The van der Waals surface area contributed by atoms with Gasteiger partial charge in [0.25, 0.3) is 5.56 Å². The van der Waals surface area contributed by atoms with Crippen molar-refractivity contribution < 1.29 is 4.84 Å². The lowest BCUT2D eigenvalue weighted by atomic mass is 10.2. The molecule has 0 amide bonds. The molecule has 3 aromatic rings. The zero-order valence-corrected chi connectivity index (χ0v) is 12.5. The smallest absolute Gasteiger partial charge is 0.263 e. The number of hydrogen-bond donors (Lipinski definition) is 1. The molecule has 2 aromatic heterocycles. The van der Waals surface area contributed by atoms with Gasteiger partial charge in [0.2, 0.25) is 5.95 Å². The number of anilines is 1. The van der Waals surface area contributed by atoms with E-state index in [1.807, 2.05) is 19.1 Å². The minimum Gasteiger partial charge on any atom is -0.277 e. The first kappa shape index (κ1) is 13.7. The Morgan fingerprint density at radius 3 is 2.90 bits per heavy atom. The van der Waals surface area contributed by atoms with E-state index in [2.05, 4.69) is 15.4 Å². The summed E-state index contributed by atoms with van der Waals surface area (Å²) in [6.07, 6.45) is 1.78. The van der Waals surface area contributed by atoms with Gasteiger partial charge >= 0.3 is 0 Å². The molecule has 0 aliphatic heterocycles. The lowest BCUT2D eigenvalue weighted by Crippen LogP contribution is -2.25. The van der Waals surface area contributed by atoms with Crippen molar-refractivity contribution in [3.63, 3.8) is 0 Å². The molecule has 0 atom stereocenters. The Morgan fingerprint density at radius 1 is 1.38 bits per heavy atom. The van der Waals surface area contributed by atoms with Crippen LogP contribution in [0.1, 0.15) is 9.88 Å². The fourth-order valence-corrected chi connectivity index (χ4v) is 2.90. The molecule has 1 N–H and O–H groups in total. The number of nitrogens with zero attached hydrogens (tertiary/aromatic N) is 3. The van der Waals surface area contributed by atoms with Gasteiger partial charge in [0.1, 0.15) is 0 Å². The number of fused-ring (bicyclic) bond motifs is 1. The molecule has 0 aliphatic carbocycles. The van der Waals surface area contributed by atoms with Crippen LogP contribution in [0.15, 0.2) is 35.3 Å². The second-order valence-electron chi connectivity index (χ2n) is 4.50. The summed E-state index contributed by atoms with van der Waals surface area (Å²) in [5, 5.41) is 1.55. The summed E-state index contributed by atoms with van der Waals surface area (Å²) >= 11 is 1.56. The van der Waals surface area contributed by atoms with Crippen molar-refractivity contribution in [1.82, 2.24) is 14.5 Å². The number of thiazole rings is 1. The average Bonchev–Trinajstić information content (AvgIpc) is 2.89. The summed E-state index contributed by atoms with van der Waals surface area (Å²) in [6, 6.07) is 7.26. The van der Waals surface area contributed by atoms with E-state index < -0.39 is 0 Å². The van der Waals surface area contributed by atoms with Crippen molar-refractivity contribution in [3.8, 4) is 0 Å². The van der Waals surface area contributed by atoms with Crippen LogP contribution in [0.2, 0.25) is 0 Å². The predicted octanol–water partition coefficient (Wildman–Crippen LogP) is 2.18. The molecule has 0 saturated carbocycles. The fraction of sp³-hybridized carbons (Fsp3) is 0.214. The molecule has 1 aromatic carbocycles. The van der Waals surface area contributed by atoms with Crippen molar-refractivity contribution in [3.05, 3.63) is 50.7 Å². The largest absolute Gasteiger partial charge is 0.277 e. The highest BCUT2D eigenvalue weighted by molar-refractivity contribution is 7.11. The van der Waals surface area contributed by atoms with Crippen molar-refractivity contribution >= 4 is 28.2 Å². The van der Waals surface area contributed by atoms with E-state index in [9.17, 15) is 4.79 Å². The Hall–Kier alpha value is -2.25. The summed E-state index contributed by atoms with van der Waals surface area (Å²) in [5.74, 6) is 0.382. The molecule has 3 rings (SSSR count). The van der Waals surface area contributed by atoms with Crippen LogP contribution >= 0.6 is 11.3 Å². The number of hydrogen-bond acceptors (Lipinski definition) is 6. The first-order chi connectivity index (χ1) is 10.2. The average molecular weight is 302 g/mol. The van der Waals surface area contributed by atoms with Crippen LogP contribution in [0.5, 0.6) is 0 Å². The first-order valence-electron chi connectivity index (χ1n) is 6.39. The van der Waals surface area contributed by atoms with Gasteiger partial charge in [-0.3, -0.25) is 14.2 Å². The van der Waals surface area contributed by atoms with E-state index in [-0.39, 0.29) is 5.56 Å². The van der Waals surface area contributed by atoms with E-state index in [1.54, 1.807) is 34.2 Å². The van der Waals surface area contributed by atoms with Crippen LogP contribution in [0, 0.1) is 6.92 Å². The summed E-state index contributed by atoms with van der Waals surface area (Å²) in [6.45, 7) is 2.35. The summed E-state index contributed by atoms with van der Waals surface area (Å²) in [4.78, 5) is 27.2. The van der Waals surface area contributed by atoms with Crippen molar-refractivity contribution in [1.29, 1.82) is 0 Å². The minimum atomic E-state index is -0.105. The number of benzene rings is 1. The fourth-order valence-electron chi connectivity index (χ4n) is 2.12. The maximum atomic E-state index is 12.6. The molecule has 0 radical (unpaired) electrons. The van der Waals surface area contributed by atoms with E-state index in [4.69, 9.17) is 4.84 Å². The van der Waals surface area contributed by atoms with Crippen LogP contribution in [0.4, 0.5) is 5.95 Å². The second kappa shape index (κ2) is 5.63. The Balaban J connectivity index is 2.16. The molecule has 0 unspecified atom stereocenters. The third-order valence-corrected chi connectivity index (χ3v) is 3.94. The van der Waals surface area contributed by atoms with Crippen LogP contribution in [0.3, 0.4) is 0 Å². The number of nitrogens with one attached hydrogen (secondary N) is 1. The summed E-state index contributed by atoms with van der Waals surface area (Å²) in [5.41, 5.74) is 3.20. The standard InChI is InChI=1S/C14H14N4O2S/c1-9-15-7-10(21-9)8-18-13(19)11-5-3-4-6-12(11)16-14(18)17-20-2/h3-7H,8H2,1-2H3,(H,16,17). The SMILES string of the molecule is CONc1nc2ccccc2c(=O)n1Cc1cnc(C)s1. The van der Waals surface area contributed by atoms with E-state index in [1.165, 1.54) is 7.11 Å². The Bertz CT molecular complexity index is 840. The molecule has 0 saturated heterocycles. The number of aryl methyl sites for hydroxylation is 1. The monoisotopic (exact) mass is 302 g/mol. The lowest BCUT2D eigenvalue weighted by molar-refractivity contribution is 0.264. The minimum absolute atomic E-state index is 0.105. The predicted molar refractivity (Wildman–Crippen MR) is 82.6 cm³/mol. The summed E-state index contributed by atoms with van der Waals surface area (Å²) in [7, 11) is 1.49. The molecule has 0 aliphatic rings. The van der Waals surface area contributed by atoms with Crippen molar-refractivity contribution in [2.45, 2.75) is 13.5 Å². The highest BCUT2D eigenvalue weighted by atomic mass is 32.1.